The molecule has 0 saturated carbocycles. The van der Waals surface area contributed by atoms with Gasteiger partial charge in [-0.3, -0.25) is 0 Å². The fourth-order valence-electron chi connectivity index (χ4n) is 2.34. The molecular formula is C19H33NO2. The maximum Gasteiger partial charge on any atom is 0.123 e. The van der Waals surface area contributed by atoms with Crippen LogP contribution in [0.2, 0.25) is 0 Å². The molecule has 0 fully saturated rings. The third-order valence-electron chi connectivity index (χ3n) is 3.89. The SMILES string of the molecule is CC(C)(C)c1cc(CN(O)C(C)(C)C)cc(C(C)(C)C)c1O. The van der Waals surface area contributed by atoms with Gasteiger partial charge in [-0.15, -0.1) is 0 Å². The molecule has 0 amide bonds. The zero-order valence-corrected chi connectivity index (χ0v) is 15.7. The molecule has 22 heavy (non-hydrogen) atoms. The largest absolute Gasteiger partial charge is 0.507 e. The van der Waals surface area contributed by atoms with Crippen LogP contribution in [-0.4, -0.2) is 20.9 Å². The van der Waals surface area contributed by atoms with Gasteiger partial charge in [0.25, 0.3) is 0 Å². The minimum atomic E-state index is -0.318. The topological polar surface area (TPSA) is 43.7 Å². The number of phenolic OH excluding ortho intramolecular Hbond substituents is 1. The van der Waals surface area contributed by atoms with E-state index in [2.05, 4.69) is 41.5 Å². The second-order valence-corrected chi connectivity index (χ2v) is 9.27. The highest BCUT2D eigenvalue weighted by Gasteiger charge is 2.27. The smallest absolute Gasteiger partial charge is 0.123 e. The Morgan fingerprint density at radius 1 is 0.818 bits per heavy atom. The lowest BCUT2D eigenvalue weighted by atomic mass is 9.78. The highest BCUT2D eigenvalue weighted by Crippen LogP contribution is 2.40. The lowest BCUT2D eigenvalue weighted by Crippen LogP contribution is -2.38. The number of rotatable bonds is 2. The summed E-state index contributed by atoms with van der Waals surface area (Å²) in [7, 11) is 0. The normalized spacial score (nSPS) is 13.8. The van der Waals surface area contributed by atoms with Crippen molar-refractivity contribution < 1.29 is 10.3 Å². The summed E-state index contributed by atoms with van der Waals surface area (Å²) < 4.78 is 0. The monoisotopic (exact) mass is 307 g/mol. The van der Waals surface area contributed by atoms with E-state index in [-0.39, 0.29) is 16.4 Å². The Hall–Kier alpha value is -1.06. The van der Waals surface area contributed by atoms with Gasteiger partial charge in [0, 0.05) is 12.1 Å². The maximum atomic E-state index is 10.7. The highest BCUT2D eigenvalue weighted by atomic mass is 16.5. The molecule has 0 heterocycles. The van der Waals surface area contributed by atoms with Gasteiger partial charge in [0.05, 0.1) is 0 Å². The standard InChI is InChI=1S/C19H33NO2/c1-17(2,3)14-10-13(12-20(22)19(7,8)9)11-15(16(14)21)18(4,5)6/h10-11,21-22H,12H2,1-9H3. The first-order chi connectivity index (χ1) is 9.64. The third kappa shape index (κ3) is 4.47. The first-order valence-electron chi connectivity index (χ1n) is 7.97. The van der Waals surface area contributed by atoms with Gasteiger partial charge in [0.15, 0.2) is 0 Å². The minimum Gasteiger partial charge on any atom is -0.507 e. The number of nitrogens with zero attached hydrogens (tertiary/aromatic N) is 1. The van der Waals surface area contributed by atoms with E-state index in [0.29, 0.717) is 12.3 Å². The lowest BCUT2D eigenvalue weighted by molar-refractivity contribution is -0.163. The van der Waals surface area contributed by atoms with Crippen LogP contribution in [0.1, 0.15) is 79.0 Å². The summed E-state index contributed by atoms with van der Waals surface area (Å²) in [6.07, 6.45) is 0. The molecule has 0 saturated heterocycles. The Balaban J connectivity index is 3.42. The predicted molar refractivity (Wildman–Crippen MR) is 92.6 cm³/mol. The van der Waals surface area contributed by atoms with Crippen LogP contribution in [0.4, 0.5) is 0 Å². The van der Waals surface area contributed by atoms with Gasteiger partial charge >= 0.3 is 0 Å². The quantitative estimate of drug-likeness (QED) is 0.758. The van der Waals surface area contributed by atoms with Crippen LogP contribution >= 0.6 is 0 Å². The molecule has 0 aliphatic rings. The van der Waals surface area contributed by atoms with Gasteiger partial charge < -0.3 is 10.3 Å². The van der Waals surface area contributed by atoms with Gasteiger partial charge in [-0.2, -0.15) is 5.06 Å². The summed E-state index contributed by atoms with van der Waals surface area (Å²) in [5, 5.41) is 22.3. The molecule has 1 aromatic rings. The summed E-state index contributed by atoms with van der Waals surface area (Å²) >= 11 is 0. The van der Waals surface area contributed by atoms with Crippen molar-refractivity contribution in [3.05, 3.63) is 28.8 Å². The van der Waals surface area contributed by atoms with Gasteiger partial charge in [0.2, 0.25) is 0 Å². The number of hydrogen-bond donors (Lipinski definition) is 2. The Bertz CT molecular complexity index is 493. The van der Waals surface area contributed by atoms with Crippen molar-refractivity contribution in [2.75, 3.05) is 0 Å². The highest BCUT2D eigenvalue weighted by molar-refractivity contribution is 5.49. The van der Waals surface area contributed by atoms with Crippen LogP contribution in [0.5, 0.6) is 5.75 Å². The molecule has 2 N–H and O–H groups in total. The first-order valence-corrected chi connectivity index (χ1v) is 7.97. The molecule has 0 aromatic heterocycles. The molecule has 0 atom stereocenters. The summed E-state index contributed by atoms with van der Waals surface area (Å²) in [4.78, 5) is 0. The molecular weight excluding hydrogens is 274 g/mol. The average molecular weight is 307 g/mol. The van der Waals surface area contributed by atoms with Crippen molar-refractivity contribution in [2.24, 2.45) is 0 Å². The Morgan fingerprint density at radius 3 is 1.45 bits per heavy atom. The van der Waals surface area contributed by atoms with Crippen LogP contribution in [0, 0.1) is 0 Å². The molecule has 3 nitrogen and oxygen atoms in total. The maximum absolute atomic E-state index is 10.7. The first kappa shape index (κ1) is 19.0. The molecule has 1 rings (SSSR count). The molecule has 3 heteroatoms. The summed E-state index contributed by atoms with van der Waals surface area (Å²) in [6, 6.07) is 4.03. The van der Waals surface area contributed by atoms with Crippen molar-refractivity contribution in [3.8, 4) is 5.75 Å². The van der Waals surface area contributed by atoms with Crippen LogP contribution in [0.3, 0.4) is 0 Å². The van der Waals surface area contributed by atoms with Crippen molar-refractivity contribution >= 4 is 0 Å². The summed E-state index contributed by atoms with van der Waals surface area (Å²) in [5.41, 5.74) is 2.26. The van der Waals surface area contributed by atoms with Crippen LogP contribution < -0.4 is 0 Å². The van der Waals surface area contributed by atoms with Crippen molar-refractivity contribution in [1.82, 2.24) is 5.06 Å². The molecule has 0 unspecified atom stereocenters. The minimum absolute atomic E-state index is 0.151. The number of phenols is 1. The molecule has 0 aliphatic carbocycles. The van der Waals surface area contributed by atoms with Gasteiger partial charge in [-0.1, -0.05) is 53.7 Å². The van der Waals surface area contributed by atoms with E-state index in [0.717, 1.165) is 16.7 Å². The molecule has 0 radical (unpaired) electrons. The summed E-state index contributed by atoms with van der Waals surface area (Å²) in [6.45, 7) is 18.9. The molecule has 0 spiro atoms. The van der Waals surface area contributed by atoms with E-state index in [1.165, 1.54) is 5.06 Å². The Kier molecular flexibility index (Phi) is 5.06. The Morgan fingerprint density at radius 2 is 1.18 bits per heavy atom. The zero-order chi connectivity index (χ0) is 17.5. The number of hydrogen-bond acceptors (Lipinski definition) is 3. The van der Waals surface area contributed by atoms with Crippen LogP contribution in [0.15, 0.2) is 12.1 Å². The molecule has 1 aromatic carbocycles. The number of aromatic hydroxyl groups is 1. The van der Waals surface area contributed by atoms with E-state index in [1.54, 1.807) is 0 Å². The van der Waals surface area contributed by atoms with Gasteiger partial charge in [-0.25, -0.2) is 0 Å². The zero-order valence-electron chi connectivity index (χ0n) is 15.7. The summed E-state index contributed by atoms with van der Waals surface area (Å²) in [5.74, 6) is 0.379. The van der Waals surface area contributed by atoms with E-state index in [1.807, 2.05) is 32.9 Å². The van der Waals surface area contributed by atoms with E-state index in [4.69, 9.17) is 0 Å². The second kappa shape index (κ2) is 5.86. The van der Waals surface area contributed by atoms with Crippen LogP contribution in [-0.2, 0) is 17.4 Å². The van der Waals surface area contributed by atoms with Crippen molar-refractivity contribution in [1.29, 1.82) is 0 Å². The lowest BCUT2D eigenvalue weighted by Gasteiger charge is -2.32. The molecule has 0 bridgehead atoms. The van der Waals surface area contributed by atoms with E-state index >= 15 is 0 Å². The number of benzene rings is 1. The van der Waals surface area contributed by atoms with Crippen molar-refractivity contribution in [3.63, 3.8) is 0 Å². The third-order valence-corrected chi connectivity index (χ3v) is 3.89. The fourth-order valence-corrected chi connectivity index (χ4v) is 2.34. The van der Waals surface area contributed by atoms with E-state index in [9.17, 15) is 10.3 Å². The molecule has 126 valence electrons. The predicted octanol–water partition coefficient (Wildman–Crippen LogP) is 4.98. The fraction of sp³-hybridized carbons (Fsp3) is 0.684. The second-order valence-electron chi connectivity index (χ2n) is 9.27. The molecule has 0 aliphatic heterocycles. The van der Waals surface area contributed by atoms with E-state index < -0.39 is 0 Å². The average Bonchev–Trinajstić information content (AvgIpc) is 2.26. The number of hydroxylamine groups is 2. The van der Waals surface area contributed by atoms with Crippen LogP contribution in [0.25, 0.3) is 0 Å². The van der Waals surface area contributed by atoms with Gasteiger partial charge in [0.1, 0.15) is 5.75 Å². The Labute approximate surface area is 135 Å². The van der Waals surface area contributed by atoms with Gasteiger partial charge in [-0.05, 0) is 48.3 Å². The van der Waals surface area contributed by atoms with Crippen molar-refractivity contribution in [2.45, 2.75) is 85.2 Å².